The summed E-state index contributed by atoms with van der Waals surface area (Å²) in [5.74, 6) is 0.0747. The van der Waals surface area contributed by atoms with Crippen molar-refractivity contribution in [2.24, 2.45) is 11.8 Å². The number of rotatable bonds is 4. The Bertz CT molecular complexity index is 935. The maximum Gasteiger partial charge on any atom is 0.419 e. The van der Waals surface area contributed by atoms with E-state index in [9.17, 15) is 31.1 Å². The number of urea groups is 1. The molecule has 0 unspecified atom stereocenters. The summed E-state index contributed by atoms with van der Waals surface area (Å²) in [6.07, 6.45) is -5.20. The number of hydrogen-bond donors (Lipinski definition) is 3. The Balaban J connectivity index is 1.58. The maximum atomic E-state index is 13.6. The Morgan fingerprint density at radius 3 is 2.57 bits per heavy atom. The number of pyridine rings is 1. The second-order valence-electron chi connectivity index (χ2n) is 7.72. The van der Waals surface area contributed by atoms with Gasteiger partial charge >= 0.3 is 18.4 Å². The van der Waals surface area contributed by atoms with Crippen LogP contribution in [0.2, 0.25) is 0 Å². The minimum atomic E-state index is -4.64. The molecule has 0 radical (unpaired) electrons. The molecule has 164 valence electrons. The largest absolute Gasteiger partial charge is 0.419 e. The van der Waals surface area contributed by atoms with Crippen molar-refractivity contribution in [2.75, 3.05) is 25.0 Å². The normalized spacial score (nSPS) is 22.5. The third-order valence-corrected chi connectivity index (χ3v) is 5.54. The molecule has 0 spiro atoms. The molecule has 0 bridgehead atoms. The van der Waals surface area contributed by atoms with Gasteiger partial charge in [-0.2, -0.15) is 26.3 Å². The highest BCUT2D eigenvalue weighted by molar-refractivity contribution is 5.91. The van der Waals surface area contributed by atoms with Crippen molar-refractivity contribution in [1.82, 2.24) is 20.2 Å². The first-order valence-electron chi connectivity index (χ1n) is 9.42. The van der Waals surface area contributed by atoms with Crippen molar-refractivity contribution < 1.29 is 31.1 Å². The minimum Gasteiger partial charge on any atom is -0.379 e. The molecule has 2 aromatic heterocycles. The first-order valence-corrected chi connectivity index (χ1v) is 9.42. The molecule has 1 aliphatic heterocycles. The van der Waals surface area contributed by atoms with Gasteiger partial charge in [-0.05, 0) is 24.8 Å². The summed E-state index contributed by atoms with van der Waals surface area (Å²) in [5.41, 5.74) is -0.780. The number of carbonyl (C=O) groups is 1. The number of aromatic nitrogens is 2. The highest BCUT2D eigenvalue weighted by Gasteiger charge is 2.45. The summed E-state index contributed by atoms with van der Waals surface area (Å²) in [5, 5.41) is 5.04. The van der Waals surface area contributed by atoms with E-state index in [4.69, 9.17) is 0 Å². The number of fused-ring (bicyclic) bond motifs is 1. The van der Waals surface area contributed by atoms with E-state index in [1.54, 1.807) is 0 Å². The summed E-state index contributed by atoms with van der Waals surface area (Å²) >= 11 is 0. The lowest BCUT2D eigenvalue weighted by Crippen LogP contribution is -2.43. The standard InChI is InChI=1S/C18H19F6N5O/c19-17(20,21)8-27-16(30)29-6-11(9-1-2-9)13(7-29)28-14-10-3-4-25-15(10)26-5-12(14)18(22,23)24/h3-5,9,11,13H,1-2,6-8H2,(H,27,30)(H2,25,26,28)/t11-,13-/m0/s1. The molecule has 3 N–H and O–H groups in total. The van der Waals surface area contributed by atoms with Gasteiger partial charge in [-0.1, -0.05) is 0 Å². The SMILES string of the molecule is O=C(NCC(F)(F)F)N1C[C@H](Nc2c(C(F)(F)F)cnc3[nH]ccc23)[C@H](C2CC2)C1. The Hall–Kier alpha value is -2.66. The average molecular weight is 435 g/mol. The quantitative estimate of drug-likeness (QED) is 0.637. The number of anilines is 1. The van der Waals surface area contributed by atoms with Crippen molar-refractivity contribution in [3.63, 3.8) is 0 Å². The molecule has 4 rings (SSSR count). The van der Waals surface area contributed by atoms with Gasteiger partial charge in [0.25, 0.3) is 0 Å². The first-order chi connectivity index (χ1) is 14.0. The maximum absolute atomic E-state index is 13.6. The molecule has 1 aliphatic carbocycles. The van der Waals surface area contributed by atoms with Crippen molar-refractivity contribution in [2.45, 2.75) is 31.2 Å². The zero-order valence-corrected chi connectivity index (χ0v) is 15.6. The van der Waals surface area contributed by atoms with E-state index >= 15 is 0 Å². The second kappa shape index (κ2) is 7.24. The third-order valence-electron chi connectivity index (χ3n) is 5.54. The predicted octanol–water partition coefficient (Wildman–Crippen LogP) is 3.98. The molecule has 2 aliphatic rings. The Labute approximate surface area is 167 Å². The number of nitrogens with zero attached hydrogens (tertiary/aromatic N) is 2. The fourth-order valence-corrected chi connectivity index (χ4v) is 4.00. The van der Waals surface area contributed by atoms with Crippen molar-refractivity contribution in [3.8, 4) is 0 Å². The van der Waals surface area contributed by atoms with Gasteiger partial charge in [0, 0.05) is 42.8 Å². The van der Waals surface area contributed by atoms with E-state index in [0.29, 0.717) is 0 Å². The van der Waals surface area contributed by atoms with Crippen LogP contribution >= 0.6 is 0 Å². The lowest BCUT2D eigenvalue weighted by atomic mass is 9.97. The fourth-order valence-electron chi connectivity index (χ4n) is 4.00. The van der Waals surface area contributed by atoms with E-state index in [1.165, 1.54) is 17.2 Å². The number of aromatic amines is 1. The van der Waals surface area contributed by atoms with Crippen molar-refractivity contribution in [3.05, 3.63) is 24.0 Å². The highest BCUT2D eigenvalue weighted by atomic mass is 19.4. The average Bonchev–Trinajstić information content (AvgIpc) is 3.21. The van der Waals surface area contributed by atoms with Gasteiger partial charge in [-0.3, -0.25) is 0 Å². The summed E-state index contributed by atoms with van der Waals surface area (Å²) < 4.78 is 77.9. The summed E-state index contributed by atoms with van der Waals surface area (Å²) in [6.45, 7) is -1.26. The fraction of sp³-hybridized carbons (Fsp3) is 0.556. The van der Waals surface area contributed by atoms with E-state index in [2.05, 4.69) is 15.3 Å². The molecule has 3 heterocycles. The molecule has 2 atom stereocenters. The van der Waals surface area contributed by atoms with Crippen molar-refractivity contribution >= 4 is 22.8 Å². The molecule has 0 aromatic carbocycles. The first kappa shape index (κ1) is 20.6. The van der Waals surface area contributed by atoms with E-state index in [1.807, 2.05) is 5.32 Å². The van der Waals surface area contributed by atoms with Crippen LogP contribution in [0.4, 0.5) is 36.8 Å². The molecule has 1 saturated carbocycles. The zero-order valence-electron chi connectivity index (χ0n) is 15.6. The Morgan fingerprint density at radius 2 is 1.93 bits per heavy atom. The minimum absolute atomic E-state index is 0.0103. The van der Waals surface area contributed by atoms with Gasteiger partial charge in [0.1, 0.15) is 12.2 Å². The van der Waals surface area contributed by atoms with Crippen LogP contribution in [-0.4, -0.2) is 52.8 Å². The van der Waals surface area contributed by atoms with E-state index in [-0.39, 0.29) is 41.6 Å². The number of hydrogen-bond acceptors (Lipinski definition) is 3. The number of nitrogens with one attached hydrogen (secondary N) is 3. The lowest BCUT2D eigenvalue weighted by molar-refractivity contribution is -0.137. The molecule has 12 heteroatoms. The van der Waals surface area contributed by atoms with Crippen LogP contribution in [-0.2, 0) is 6.18 Å². The summed E-state index contributed by atoms with van der Waals surface area (Å²) in [6, 6.07) is 0.0880. The summed E-state index contributed by atoms with van der Waals surface area (Å²) in [7, 11) is 0. The Morgan fingerprint density at radius 1 is 1.20 bits per heavy atom. The highest BCUT2D eigenvalue weighted by Crippen LogP contribution is 2.44. The van der Waals surface area contributed by atoms with Crippen LogP contribution < -0.4 is 10.6 Å². The van der Waals surface area contributed by atoms with Gasteiger partial charge in [0.05, 0.1) is 11.3 Å². The lowest BCUT2D eigenvalue weighted by Gasteiger charge is -2.23. The Kier molecular flexibility index (Phi) is 4.97. The van der Waals surface area contributed by atoms with Crippen LogP contribution in [0.5, 0.6) is 0 Å². The molecule has 1 saturated heterocycles. The van der Waals surface area contributed by atoms with Crippen LogP contribution in [0.3, 0.4) is 0 Å². The number of carbonyl (C=O) groups excluding carboxylic acids is 1. The monoisotopic (exact) mass is 435 g/mol. The summed E-state index contributed by atoms with van der Waals surface area (Å²) in [4.78, 5) is 20.0. The molecule has 30 heavy (non-hydrogen) atoms. The zero-order chi connectivity index (χ0) is 21.7. The molecule has 2 fully saturated rings. The van der Waals surface area contributed by atoms with Gasteiger partial charge < -0.3 is 20.5 Å². The van der Waals surface area contributed by atoms with Crippen molar-refractivity contribution in [1.29, 1.82) is 0 Å². The number of halogens is 6. The van der Waals surface area contributed by atoms with Gasteiger partial charge in [-0.15, -0.1) is 0 Å². The van der Waals surface area contributed by atoms with Crippen LogP contribution in [0.25, 0.3) is 11.0 Å². The predicted molar refractivity (Wildman–Crippen MR) is 95.7 cm³/mol. The van der Waals surface area contributed by atoms with Gasteiger partial charge in [0.15, 0.2) is 0 Å². The molecule has 2 amide bonds. The van der Waals surface area contributed by atoms with Crippen LogP contribution in [0.1, 0.15) is 18.4 Å². The number of alkyl halides is 6. The number of likely N-dealkylation sites (tertiary alicyclic amines) is 1. The topological polar surface area (TPSA) is 73.1 Å². The molecule has 2 aromatic rings. The molecular formula is C18H19F6N5O. The second-order valence-corrected chi connectivity index (χ2v) is 7.72. The van der Waals surface area contributed by atoms with Crippen LogP contribution in [0.15, 0.2) is 18.5 Å². The van der Waals surface area contributed by atoms with E-state index in [0.717, 1.165) is 19.0 Å². The smallest absolute Gasteiger partial charge is 0.379 e. The number of amides is 2. The van der Waals surface area contributed by atoms with Crippen LogP contribution in [0, 0.1) is 11.8 Å². The van der Waals surface area contributed by atoms with E-state index < -0.39 is 36.5 Å². The molecular weight excluding hydrogens is 416 g/mol. The molecule has 6 nitrogen and oxygen atoms in total. The van der Waals surface area contributed by atoms with Gasteiger partial charge in [-0.25, -0.2) is 9.78 Å². The third kappa shape index (κ3) is 4.26. The van der Waals surface area contributed by atoms with Gasteiger partial charge in [0.2, 0.25) is 0 Å². The number of H-pyrrole nitrogens is 1.